The molecule has 3 nitrogen and oxygen atoms in total. The molecule has 2 unspecified atom stereocenters. The van der Waals surface area contributed by atoms with Crippen molar-refractivity contribution in [2.45, 2.75) is 63.3 Å². The van der Waals surface area contributed by atoms with Gasteiger partial charge < -0.3 is 0 Å². The van der Waals surface area contributed by atoms with Crippen LogP contribution in [0, 0.1) is 0 Å². The second kappa shape index (κ2) is 6.27. The summed E-state index contributed by atoms with van der Waals surface area (Å²) in [7, 11) is -3.33. The number of rotatable bonds is 4. The average molecular weight is 295 g/mol. The molecule has 0 saturated carbocycles. The Hall–Kier alpha value is -0.870. The maximum Gasteiger partial charge on any atom is 0.243 e. The molecule has 1 heterocycles. The van der Waals surface area contributed by atoms with E-state index in [2.05, 4.69) is 13.8 Å². The zero-order chi connectivity index (χ0) is 14.8. The summed E-state index contributed by atoms with van der Waals surface area (Å²) in [4.78, 5) is 0.429. The third-order valence-corrected chi connectivity index (χ3v) is 6.44. The van der Waals surface area contributed by atoms with E-state index < -0.39 is 10.0 Å². The van der Waals surface area contributed by atoms with Gasteiger partial charge in [0.15, 0.2) is 0 Å². The van der Waals surface area contributed by atoms with E-state index in [-0.39, 0.29) is 6.04 Å². The molecule has 1 aromatic rings. The molecule has 1 aromatic carbocycles. The van der Waals surface area contributed by atoms with Gasteiger partial charge in [-0.2, -0.15) is 4.31 Å². The van der Waals surface area contributed by atoms with Gasteiger partial charge in [0.2, 0.25) is 10.0 Å². The van der Waals surface area contributed by atoms with Crippen LogP contribution in [0.25, 0.3) is 0 Å². The van der Waals surface area contributed by atoms with Gasteiger partial charge >= 0.3 is 0 Å². The molecular formula is C16H25NO2S. The second-order valence-electron chi connectivity index (χ2n) is 5.84. The lowest BCUT2D eigenvalue weighted by atomic mass is 9.99. The topological polar surface area (TPSA) is 37.4 Å². The largest absolute Gasteiger partial charge is 0.243 e. The number of hydrogen-bond acceptors (Lipinski definition) is 2. The van der Waals surface area contributed by atoms with Crippen LogP contribution in [0.4, 0.5) is 0 Å². The van der Waals surface area contributed by atoms with E-state index in [4.69, 9.17) is 0 Å². The Bertz CT molecular complexity index is 536. The lowest BCUT2D eigenvalue weighted by Crippen LogP contribution is -2.41. The van der Waals surface area contributed by atoms with Crippen molar-refractivity contribution < 1.29 is 8.42 Å². The predicted octanol–water partition coefficient (Wildman–Crippen LogP) is 3.76. The van der Waals surface area contributed by atoms with Crippen molar-refractivity contribution in [2.24, 2.45) is 0 Å². The zero-order valence-corrected chi connectivity index (χ0v) is 13.5. The van der Waals surface area contributed by atoms with Gasteiger partial charge in [0.05, 0.1) is 4.90 Å². The third-order valence-electron chi connectivity index (χ3n) is 4.41. The van der Waals surface area contributed by atoms with Crippen LogP contribution in [0.15, 0.2) is 29.2 Å². The summed E-state index contributed by atoms with van der Waals surface area (Å²) in [5.74, 6) is 0.473. The molecule has 1 saturated heterocycles. The van der Waals surface area contributed by atoms with Gasteiger partial charge in [0.25, 0.3) is 0 Å². The van der Waals surface area contributed by atoms with Gasteiger partial charge in [-0.05, 0) is 49.8 Å². The number of benzene rings is 1. The molecule has 0 bridgehead atoms. The van der Waals surface area contributed by atoms with E-state index >= 15 is 0 Å². The summed E-state index contributed by atoms with van der Waals surface area (Å²) in [6.07, 6.45) is 4.12. The molecule has 112 valence electrons. The highest BCUT2D eigenvalue weighted by Gasteiger charge is 2.30. The molecule has 1 fully saturated rings. The van der Waals surface area contributed by atoms with E-state index in [0.717, 1.165) is 25.7 Å². The molecule has 0 radical (unpaired) electrons. The fourth-order valence-electron chi connectivity index (χ4n) is 2.77. The van der Waals surface area contributed by atoms with Crippen LogP contribution in [-0.2, 0) is 10.0 Å². The molecule has 0 N–H and O–H groups in total. The van der Waals surface area contributed by atoms with Crippen molar-refractivity contribution in [2.75, 3.05) is 6.54 Å². The monoisotopic (exact) mass is 295 g/mol. The Morgan fingerprint density at radius 2 is 1.90 bits per heavy atom. The first kappa shape index (κ1) is 15.5. The molecule has 20 heavy (non-hydrogen) atoms. The molecule has 0 aliphatic carbocycles. The molecule has 0 aromatic heterocycles. The van der Waals surface area contributed by atoms with Crippen molar-refractivity contribution in [3.63, 3.8) is 0 Å². The first-order valence-electron chi connectivity index (χ1n) is 7.58. The highest BCUT2D eigenvalue weighted by atomic mass is 32.2. The van der Waals surface area contributed by atoms with Gasteiger partial charge in [-0.1, -0.05) is 32.4 Å². The number of nitrogens with zero attached hydrogens (tertiary/aromatic N) is 1. The Labute approximate surface area is 123 Å². The maximum absolute atomic E-state index is 12.7. The fourth-order valence-corrected chi connectivity index (χ4v) is 4.47. The molecule has 1 aliphatic heterocycles. The van der Waals surface area contributed by atoms with Crippen molar-refractivity contribution in [1.82, 2.24) is 4.31 Å². The summed E-state index contributed by atoms with van der Waals surface area (Å²) in [6, 6.07) is 7.55. The van der Waals surface area contributed by atoms with Gasteiger partial charge in [-0.3, -0.25) is 0 Å². The normalized spacial score (nSPS) is 22.6. The SMILES string of the molecule is CCC(C)c1ccc(S(=O)(=O)N2CCCCC2C)cc1. The molecule has 1 aliphatic rings. The maximum atomic E-state index is 12.7. The van der Waals surface area contributed by atoms with E-state index in [9.17, 15) is 8.42 Å². The summed E-state index contributed by atoms with van der Waals surface area (Å²) in [5.41, 5.74) is 1.21. The van der Waals surface area contributed by atoms with Crippen molar-refractivity contribution in [3.8, 4) is 0 Å². The van der Waals surface area contributed by atoms with Gasteiger partial charge in [-0.15, -0.1) is 0 Å². The zero-order valence-electron chi connectivity index (χ0n) is 12.7. The smallest absolute Gasteiger partial charge is 0.207 e. The number of hydrogen-bond donors (Lipinski definition) is 0. The van der Waals surface area contributed by atoms with Crippen LogP contribution in [-0.4, -0.2) is 25.3 Å². The summed E-state index contributed by atoms with van der Waals surface area (Å²) in [6.45, 7) is 6.96. The first-order chi connectivity index (χ1) is 9.46. The summed E-state index contributed by atoms with van der Waals surface area (Å²) in [5, 5.41) is 0. The van der Waals surface area contributed by atoms with Crippen molar-refractivity contribution in [3.05, 3.63) is 29.8 Å². The molecule has 2 rings (SSSR count). The van der Waals surface area contributed by atoms with Gasteiger partial charge in [-0.25, -0.2) is 8.42 Å². The van der Waals surface area contributed by atoms with Crippen LogP contribution in [0.2, 0.25) is 0 Å². The van der Waals surface area contributed by atoms with Crippen molar-refractivity contribution >= 4 is 10.0 Å². The lowest BCUT2D eigenvalue weighted by molar-refractivity contribution is 0.268. The van der Waals surface area contributed by atoms with E-state index in [1.165, 1.54) is 5.56 Å². The standard InChI is InChI=1S/C16H25NO2S/c1-4-13(2)15-8-10-16(11-9-15)20(18,19)17-12-6-5-7-14(17)3/h8-11,13-14H,4-7,12H2,1-3H3. The quantitative estimate of drug-likeness (QED) is 0.848. The van der Waals surface area contributed by atoms with E-state index in [1.54, 1.807) is 16.4 Å². The summed E-state index contributed by atoms with van der Waals surface area (Å²) < 4.78 is 27.0. The van der Waals surface area contributed by atoms with Crippen LogP contribution in [0.3, 0.4) is 0 Å². The van der Waals surface area contributed by atoms with Crippen LogP contribution in [0.5, 0.6) is 0 Å². The highest BCUT2D eigenvalue weighted by molar-refractivity contribution is 7.89. The first-order valence-corrected chi connectivity index (χ1v) is 9.02. The minimum atomic E-state index is -3.33. The Morgan fingerprint density at radius 1 is 1.25 bits per heavy atom. The molecular weight excluding hydrogens is 270 g/mol. The minimum Gasteiger partial charge on any atom is -0.207 e. The average Bonchev–Trinajstić information content (AvgIpc) is 2.47. The molecule has 0 spiro atoms. The Balaban J connectivity index is 2.25. The van der Waals surface area contributed by atoms with Gasteiger partial charge in [0, 0.05) is 12.6 Å². The lowest BCUT2D eigenvalue weighted by Gasteiger charge is -2.32. The van der Waals surface area contributed by atoms with Crippen LogP contribution in [0.1, 0.15) is 57.9 Å². The Morgan fingerprint density at radius 3 is 2.45 bits per heavy atom. The molecule has 2 atom stereocenters. The van der Waals surface area contributed by atoms with E-state index in [1.807, 2.05) is 19.1 Å². The summed E-state index contributed by atoms with van der Waals surface area (Å²) >= 11 is 0. The van der Waals surface area contributed by atoms with Crippen LogP contribution < -0.4 is 0 Å². The second-order valence-corrected chi connectivity index (χ2v) is 7.73. The number of piperidine rings is 1. The number of sulfonamides is 1. The predicted molar refractivity (Wildman–Crippen MR) is 82.4 cm³/mol. The fraction of sp³-hybridized carbons (Fsp3) is 0.625. The molecule has 4 heteroatoms. The molecule has 0 amide bonds. The van der Waals surface area contributed by atoms with E-state index in [0.29, 0.717) is 17.4 Å². The van der Waals surface area contributed by atoms with Crippen molar-refractivity contribution in [1.29, 1.82) is 0 Å². The highest BCUT2D eigenvalue weighted by Crippen LogP contribution is 2.26. The van der Waals surface area contributed by atoms with Gasteiger partial charge in [0.1, 0.15) is 0 Å². The third kappa shape index (κ3) is 3.07. The minimum absolute atomic E-state index is 0.114. The Kier molecular flexibility index (Phi) is 4.86. The van der Waals surface area contributed by atoms with Crippen LogP contribution >= 0.6 is 0 Å².